The second-order valence-electron chi connectivity index (χ2n) is 6.71. The van der Waals surface area contributed by atoms with Crippen molar-refractivity contribution < 1.29 is 18.7 Å². The third-order valence-corrected chi connectivity index (χ3v) is 4.80. The van der Waals surface area contributed by atoms with E-state index in [4.69, 9.17) is 9.15 Å². The molecule has 30 heavy (non-hydrogen) atoms. The molecule has 3 aromatic carbocycles. The maximum absolute atomic E-state index is 12.3. The molecule has 7 nitrogen and oxygen atoms in total. The van der Waals surface area contributed by atoms with Crippen molar-refractivity contribution in [2.75, 3.05) is 31.3 Å². The Labute approximate surface area is 173 Å². The van der Waals surface area contributed by atoms with E-state index in [1.807, 2.05) is 36.4 Å². The van der Waals surface area contributed by atoms with E-state index in [1.54, 1.807) is 38.4 Å². The van der Waals surface area contributed by atoms with E-state index in [1.165, 1.54) is 0 Å². The zero-order valence-electron chi connectivity index (χ0n) is 16.6. The molecule has 0 aliphatic carbocycles. The van der Waals surface area contributed by atoms with Crippen LogP contribution < -0.4 is 20.7 Å². The standard InChI is InChI=1S/C23H21N3O4/c1-24-23(28)14-7-9-15(10-8-14)26-22(27)13-25-18-12-20-17(11-21(18)29-2)16-5-3-4-6-19(16)30-20/h3-12,25H,13H2,1-2H3,(H,24,28)(H,26,27). The first kappa shape index (κ1) is 19.3. The molecular weight excluding hydrogens is 382 g/mol. The predicted molar refractivity (Wildman–Crippen MR) is 117 cm³/mol. The smallest absolute Gasteiger partial charge is 0.251 e. The minimum atomic E-state index is -0.227. The lowest BCUT2D eigenvalue weighted by molar-refractivity contribution is -0.114. The second kappa shape index (κ2) is 8.16. The average molecular weight is 403 g/mol. The van der Waals surface area contributed by atoms with Gasteiger partial charge in [0.2, 0.25) is 5.91 Å². The van der Waals surface area contributed by atoms with E-state index < -0.39 is 0 Å². The van der Waals surface area contributed by atoms with E-state index >= 15 is 0 Å². The zero-order chi connectivity index (χ0) is 21.1. The Bertz CT molecular complexity index is 1230. The number of para-hydroxylation sites is 1. The number of nitrogens with one attached hydrogen (secondary N) is 3. The van der Waals surface area contributed by atoms with Gasteiger partial charge in [-0.15, -0.1) is 0 Å². The van der Waals surface area contributed by atoms with Gasteiger partial charge >= 0.3 is 0 Å². The van der Waals surface area contributed by atoms with Gasteiger partial charge in [0, 0.05) is 35.1 Å². The zero-order valence-corrected chi connectivity index (χ0v) is 16.6. The number of hydrogen-bond acceptors (Lipinski definition) is 5. The normalized spacial score (nSPS) is 10.7. The molecule has 0 radical (unpaired) electrons. The predicted octanol–water partition coefficient (Wildman–Crippen LogP) is 4.00. The molecule has 1 aromatic heterocycles. The minimum absolute atomic E-state index is 0.0410. The van der Waals surface area contributed by atoms with Crippen molar-refractivity contribution in [3.8, 4) is 5.75 Å². The topological polar surface area (TPSA) is 92.6 Å². The van der Waals surface area contributed by atoms with Crippen molar-refractivity contribution in [1.82, 2.24) is 5.32 Å². The number of furan rings is 1. The number of carbonyl (C=O) groups excluding carboxylic acids is 2. The first-order chi connectivity index (χ1) is 14.6. The molecule has 0 saturated heterocycles. The monoisotopic (exact) mass is 403 g/mol. The summed E-state index contributed by atoms with van der Waals surface area (Å²) in [5.74, 6) is 0.217. The molecule has 152 valence electrons. The fraction of sp³-hybridized carbons (Fsp3) is 0.130. The molecule has 0 saturated carbocycles. The SMILES string of the molecule is CNC(=O)c1ccc(NC(=O)CNc2cc3oc4ccccc4c3cc2OC)cc1. The molecule has 7 heteroatoms. The lowest BCUT2D eigenvalue weighted by atomic mass is 10.1. The van der Waals surface area contributed by atoms with Gasteiger partial charge in [-0.05, 0) is 36.4 Å². The quantitative estimate of drug-likeness (QED) is 0.452. The first-order valence-corrected chi connectivity index (χ1v) is 9.44. The molecular formula is C23H21N3O4. The molecule has 0 spiro atoms. The van der Waals surface area contributed by atoms with E-state index in [9.17, 15) is 9.59 Å². The van der Waals surface area contributed by atoms with Crippen LogP contribution in [0.4, 0.5) is 11.4 Å². The number of amides is 2. The fourth-order valence-corrected chi connectivity index (χ4v) is 3.29. The van der Waals surface area contributed by atoms with Gasteiger partial charge in [-0.3, -0.25) is 9.59 Å². The van der Waals surface area contributed by atoms with Crippen LogP contribution in [-0.2, 0) is 4.79 Å². The Hall–Kier alpha value is -4.00. The molecule has 2 amide bonds. The number of hydrogen-bond donors (Lipinski definition) is 3. The van der Waals surface area contributed by atoms with Crippen LogP contribution in [0.3, 0.4) is 0 Å². The highest BCUT2D eigenvalue weighted by Gasteiger charge is 2.13. The van der Waals surface area contributed by atoms with E-state index in [0.717, 1.165) is 16.4 Å². The van der Waals surface area contributed by atoms with Gasteiger partial charge in [-0.1, -0.05) is 18.2 Å². The summed E-state index contributed by atoms with van der Waals surface area (Å²) in [4.78, 5) is 23.9. The van der Waals surface area contributed by atoms with E-state index in [2.05, 4.69) is 16.0 Å². The lowest BCUT2D eigenvalue weighted by Gasteiger charge is -2.12. The van der Waals surface area contributed by atoms with Crippen molar-refractivity contribution in [3.05, 3.63) is 66.2 Å². The Balaban J connectivity index is 1.48. The number of anilines is 2. The molecule has 4 aromatic rings. The van der Waals surface area contributed by atoms with Crippen LogP contribution in [0, 0.1) is 0 Å². The average Bonchev–Trinajstić information content (AvgIpc) is 3.14. The van der Waals surface area contributed by atoms with Crippen LogP contribution in [0.15, 0.2) is 65.1 Å². The summed E-state index contributed by atoms with van der Waals surface area (Å²) >= 11 is 0. The molecule has 0 aliphatic heterocycles. The van der Waals surface area contributed by atoms with Gasteiger partial charge in [0.05, 0.1) is 19.3 Å². The summed E-state index contributed by atoms with van der Waals surface area (Å²) in [7, 11) is 3.16. The number of rotatable bonds is 6. The summed E-state index contributed by atoms with van der Waals surface area (Å²) in [6.07, 6.45) is 0. The van der Waals surface area contributed by atoms with Crippen molar-refractivity contribution in [2.24, 2.45) is 0 Å². The number of fused-ring (bicyclic) bond motifs is 3. The lowest BCUT2D eigenvalue weighted by Crippen LogP contribution is -2.22. The summed E-state index contributed by atoms with van der Waals surface area (Å²) in [6.45, 7) is 0.0410. The molecule has 4 rings (SSSR count). The Morgan fingerprint density at radius 3 is 2.47 bits per heavy atom. The summed E-state index contributed by atoms with van der Waals surface area (Å²) in [6, 6.07) is 18.2. The van der Waals surface area contributed by atoms with Crippen molar-refractivity contribution >= 4 is 45.1 Å². The molecule has 3 N–H and O–H groups in total. The highest BCUT2D eigenvalue weighted by atomic mass is 16.5. The summed E-state index contributed by atoms with van der Waals surface area (Å²) < 4.78 is 11.4. The highest BCUT2D eigenvalue weighted by molar-refractivity contribution is 6.07. The van der Waals surface area contributed by atoms with Crippen molar-refractivity contribution in [3.63, 3.8) is 0 Å². The minimum Gasteiger partial charge on any atom is -0.495 e. The molecule has 0 bridgehead atoms. The maximum Gasteiger partial charge on any atom is 0.251 e. The maximum atomic E-state index is 12.3. The van der Waals surface area contributed by atoms with Gasteiger partial charge in [0.15, 0.2) is 0 Å². The number of carbonyl (C=O) groups is 2. The van der Waals surface area contributed by atoms with Crippen LogP contribution in [-0.4, -0.2) is 32.5 Å². The van der Waals surface area contributed by atoms with Crippen LogP contribution >= 0.6 is 0 Å². The Kier molecular flexibility index (Phi) is 5.26. The molecule has 0 atom stereocenters. The third kappa shape index (κ3) is 3.77. The van der Waals surface area contributed by atoms with Crippen molar-refractivity contribution in [2.45, 2.75) is 0 Å². The first-order valence-electron chi connectivity index (χ1n) is 9.44. The van der Waals surface area contributed by atoms with Crippen molar-refractivity contribution in [1.29, 1.82) is 0 Å². The van der Waals surface area contributed by atoms with E-state index in [-0.39, 0.29) is 18.4 Å². The van der Waals surface area contributed by atoms with Gasteiger partial charge < -0.3 is 25.1 Å². The van der Waals surface area contributed by atoms with Crippen LogP contribution in [0.25, 0.3) is 21.9 Å². The van der Waals surface area contributed by atoms with Crippen LogP contribution in [0.5, 0.6) is 5.75 Å². The van der Waals surface area contributed by atoms with Crippen LogP contribution in [0.2, 0.25) is 0 Å². The Morgan fingerprint density at radius 1 is 0.967 bits per heavy atom. The summed E-state index contributed by atoms with van der Waals surface area (Å²) in [5, 5.41) is 10.4. The number of benzene rings is 3. The van der Waals surface area contributed by atoms with Gasteiger partial charge in [-0.25, -0.2) is 0 Å². The fourth-order valence-electron chi connectivity index (χ4n) is 3.29. The molecule has 1 heterocycles. The number of methoxy groups -OCH3 is 1. The number of ether oxygens (including phenoxy) is 1. The van der Waals surface area contributed by atoms with Gasteiger partial charge in [0.25, 0.3) is 5.91 Å². The van der Waals surface area contributed by atoms with Gasteiger partial charge in [-0.2, -0.15) is 0 Å². The Morgan fingerprint density at radius 2 is 1.73 bits per heavy atom. The third-order valence-electron chi connectivity index (χ3n) is 4.80. The summed E-state index contributed by atoms with van der Waals surface area (Å²) in [5.41, 5.74) is 3.30. The second-order valence-corrected chi connectivity index (χ2v) is 6.71. The van der Waals surface area contributed by atoms with Crippen LogP contribution in [0.1, 0.15) is 10.4 Å². The van der Waals surface area contributed by atoms with E-state index in [0.29, 0.717) is 28.3 Å². The van der Waals surface area contributed by atoms with Gasteiger partial charge in [0.1, 0.15) is 16.9 Å². The molecule has 0 aliphatic rings. The highest BCUT2D eigenvalue weighted by Crippen LogP contribution is 2.36. The molecule has 0 unspecified atom stereocenters. The largest absolute Gasteiger partial charge is 0.495 e. The molecule has 0 fully saturated rings.